The maximum atomic E-state index is 11.9. The standard InChI is InChI=1S/C14H20N4O2S/c1-10-5-7-11(8-6-10)9-18-13(15)12(21(4,19)20)14(16-18)17(2)3/h5-8H,9,15H2,1-4H3. The van der Waals surface area contributed by atoms with Crippen molar-refractivity contribution in [2.24, 2.45) is 0 Å². The van der Waals surface area contributed by atoms with Crippen LogP contribution in [0.3, 0.4) is 0 Å². The Labute approximate surface area is 125 Å². The molecule has 21 heavy (non-hydrogen) atoms. The summed E-state index contributed by atoms with van der Waals surface area (Å²) in [7, 11) is 0.0481. The highest BCUT2D eigenvalue weighted by molar-refractivity contribution is 7.91. The van der Waals surface area contributed by atoms with E-state index in [2.05, 4.69) is 5.10 Å². The number of rotatable bonds is 4. The molecule has 1 heterocycles. The Morgan fingerprint density at radius 1 is 1.24 bits per heavy atom. The maximum Gasteiger partial charge on any atom is 0.182 e. The van der Waals surface area contributed by atoms with Gasteiger partial charge in [0.2, 0.25) is 0 Å². The van der Waals surface area contributed by atoms with Crippen molar-refractivity contribution in [1.82, 2.24) is 9.78 Å². The average molecular weight is 308 g/mol. The lowest BCUT2D eigenvalue weighted by atomic mass is 10.1. The molecule has 0 radical (unpaired) electrons. The highest BCUT2D eigenvalue weighted by Crippen LogP contribution is 2.29. The van der Waals surface area contributed by atoms with E-state index in [1.54, 1.807) is 19.0 Å². The van der Waals surface area contributed by atoms with E-state index in [9.17, 15) is 8.42 Å². The van der Waals surface area contributed by atoms with E-state index in [1.165, 1.54) is 4.68 Å². The van der Waals surface area contributed by atoms with Crippen molar-refractivity contribution >= 4 is 21.5 Å². The van der Waals surface area contributed by atoms with E-state index in [1.807, 2.05) is 31.2 Å². The summed E-state index contributed by atoms with van der Waals surface area (Å²) in [5.41, 5.74) is 8.18. The predicted molar refractivity (Wildman–Crippen MR) is 84.4 cm³/mol. The molecule has 2 N–H and O–H groups in total. The minimum absolute atomic E-state index is 0.0830. The van der Waals surface area contributed by atoms with Crippen LogP contribution in [0.15, 0.2) is 29.2 Å². The fourth-order valence-corrected chi connectivity index (χ4v) is 3.12. The van der Waals surface area contributed by atoms with E-state index in [0.29, 0.717) is 12.4 Å². The lowest BCUT2D eigenvalue weighted by Crippen LogP contribution is -2.13. The van der Waals surface area contributed by atoms with Gasteiger partial charge in [-0.2, -0.15) is 5.10 Å². The Morgan fingerprint density at radius 3 is 2.24 bits per heavy atom. The summed E-state index contributed by atoms with van der Waals surface area (Å²) < 4.78 is 25.4. The van der Waals surface area contributed by atoms with Gasteiger partial charge in [-0.15, -0.1) is 0 Å². The summed E-state index contributed by atoms with van der Waals surface area (Å²) in [5, 5.41) is 4.33. The molecule has 0 spiro atoms. The zero-order valence-electron chi connectivity index (χ0n) is 12.7. The Balaban J connectivity index is 2.48. The van der Waals surface area contributed by atoms with Crippen molar-refractivity contribution in [3.8, 4) is 0 Å². The number of sulfone groups is 1. The van der Waals surface area contributed by atoms with Gasteiger partial charge in [-0.3, -0.25) is 0 Å². The summed E-state index contributed by atoms with van der Waals surface area (Å²) >= 11 is 0. The van der Waals surface area contributed by atoms with Gasteiger partial charge >= 0.3 is 0 Å². The van der Waals surface area contributed by atoms with Gasteiger partial charge in [0.25, 0.3) is 0 Å². The van der Waals surface area contributed by atoms with Crippen molar-refractivity contribution in [1.29, 1.82) is 0 Å². The molecule has 0 saturated carbocycles. The largest absolute Gasteiger partial charge is 0.383 e. The third-order valence-corrected chi connectivity index (χ3v) is 4.31. The molecule has 2 rings (SSSR count). The molecule has 0 amide bonds. The summed E-state index contributed by atoms with van der Waals surface area (Å²) in [6.45, 7) is 2.44. The SMILES string of the molecule is Cc1ccc(Cn2nc(N(C)C)c(S(C)(=O)=O)c2N)cc1. The smallest absolute Gasteiger partial charge is 0.182 e. The number of aromatic nitrogens is 2. The summed E-state index contributed by atoms with van der Waals surface area (Å²) in [4.78, 5) is 1.73. The molecule has 0 fully saturated rings. The Hall–Kier alpha value is -2.02. The molecule has 6 nitrogen and oxygen atoms in total. The van der Waals surface area contributed by atoms with Gasteiger partial charge in [0.1, 0.15) is 5.82 Å². The number of anilines is 2. The van der Waals surface area contributed by atoms with E-state index in [0.717, 1.165) is 17.4 Å². The number of hydrogen-bond acceptors (Lipinski definition) is 5. The van der Waals surface area contributed by atoms with Crippen LogP contribution >= 0.6 is 0 Å². The van der Waals surface area contributed by atoms with Crippen molar-refractivity contribution in [3.63, 3.8) is 0 Å². The third-order valence-electron chi connectivity index (χ3n) is 3.18. The Bertz CT molecular complexity index is 746. The minimum atomic E-state index is -3.44. The molecule has 1 aromatic heterocycles. The lowest BCUT2D eigenvalue weighted by molar-refractivity contribution is 0.602. The zero-order valence-corrected chi connectivity index (χ0v) is 13.5. The van der Waals surface area contributed by atoms with E-state index < -0.39 is 9.84 Å². The zero-order chi connectivity index (χ0) is 15.8. The molecule has 0 atom stereocenters. The van der Waals surface area contributed by atoms with Gasteiger partial charge in [0, 0.05) is 20.4 Å². The summed E-state index contributed by atoms with van der Waals surface area (Å²) in [6.07, 6.45) is 1.14. The number of benzene rings is 1. The highest BCUT2D eigenvalue weighted by Gasteiger charge is 2.25. The summed E-state index contributed by atoms with van der Waals surface area (Å²) in [6, 6.07) is 7.95. The molecule has 0 aliphatic heterocycles. The van der Waals surface area contributed by atoms with Crippen molar-refractivity contribution in [3.05, 3.63) is 35.4 Å². The van der Waals surface area contributed by atoms with Crippen LogP contribution in [0.4, 0.5) is 11.6 Å². The van der Waals surface area contributed by atoms with Crippen molar-refractivity contribution < 1.29 is 8.42 Å². The maximum absolute atomic E-state index is 11.9. The van der Waals surface area contributed by atoms with Crippen LogP contribution in [0, 0.1) is 6.92 Å². The number of nitrogens with two attached hydrogens (primary N) is 1. The Kier molecular flexibility index (Phi) is 3.95. The van der Waals surface area contributed by atoms with Crippen LogP contribution in [0.1, 0.15) is 11.1 Å². The first-order chi connectivity index (χ1) is 9.70. The van der Waals surface area contributed by atoms with Crippen LogP contribution in [-0.4, -0.2) is 38.5 Å². The number of nitrogen functional groups attached to an aromatic ring is 1. The second-order valence-electron chi connectivity index (χ2n) is 5.35. The fourth-order valence-electron chi connectivity index (χ4n) is 2.08. The molecule has 0 saturated heterocycles. The van der Waals surface area contributed by atoms with Gasteiger partial charge in [0.05, 0.1) is 6.54 Å². The van der Waals surface area contributed by atoms with Gasteiger partial charge in [-0.25, -0.2) is 13.1 Å². The molecule has 0 aliphatic carbocycles. The number of nitrogens with zero attached hydrogens (tertiary/aromatic N) is 3. The molecular formula is C14H20N4O2S. The highest BCUT2D eigenvalue weighted by atomic mass is 32.2. The monoisotopic (exact) mass is 308 g/mol. The van der Waals surface area contributed by atoms with Gasteiger partial charge in [-0.05, 0) is 12.5 Å². The van der Waals surface area contributed by atoms with E-state index in [4.69, 9.17) is 5.73 Å². The number of hydrogen-bond donors (Lipinski definition) is 1. The molecule has 7 heteroatoms. The normalized spacial score (nSPS) is 11.6. The topological polar surface area (TPSA) is 81.2 Å². The first kappa shape index (κ1) is 15.4. The molecule has 114 valence electrons. The molecule has 0 bridgehead atoms. The van der Waals surface area contributed by atoms with Crippen LogP contribution < -0.4 is 10.6 Å². The third kappa shape index (κ3) is 3.18. The summed E-state index contributed by atoms with van der Waals surface area (Å²) in [5.74, 6) is 0.531. The quantitative estimate of drug-likeness (QED) is 0.920. The van der Waals surface area contributed by atoms with Crippen LogP contribution in [0.25, 0.3) is 0 Å². The van der Waals surface area contributed by atoms with Crippen LogP contribution in [0.5, 0.6) is 0 Å². The van der Waals surface area contributed by atoms with Crippen LogP contribution in [0.2, 0.25) is 0 Å². The predicted octanol–water partition coefficient (Wildman–Crippen LogP) is 1.29. The average Bonchev–Trinajstić information content (AvgIpc) is 2.70. The lowest BCUT2D eigenvalue weighted by Gasteiger charge is -2.09. The molecule has 1 aromatic carbocycles. The second-order valence-corrected chi connectivity index (χ2v) is 7.30. The molecule has 0 aliphatic rings. The second kappa shape index (κ2) is 5.40. The Morgan fingerprint density at radius 2 is 1.81 bits per heavy atom. The van der Waals surface area contributed by atoms with Crippen molar-refractivity contribution in [2.45, 2.75) is 18.4 Å². The van der Waals surface area contributed by atoms with Crippen molar-refractivity contribution in [2.75, 3.05) is 31.0 Å². The van der Waals surface area contributed by atoms with Gasteiger partial charge in [0.15, 0.2) is 20.6 Å². The first-order valence-electron chi connectivity index (χ1n) is 6.49. The van der Waals surface area contributed by atoms with Crippen LogP contribution in [-0.2, 0) is 16.4 Å². The van der Waals surface area contributed by atoms with Gasteiger partial charge in [-0.1, -0.05) is 29.8 Å². The minimum Gasteiger partial charge on any atom is -0.383 e. The molecule has 2 aromatic rings. The van der Waals surface area contributed by atoms with E-state index in [-0.39, 0.29) is 10.7 Å². The number of aryl methyl sites for hydroxylation is 1. The molecular weight excluding hydrogens is 288 g/mol. The first-order valence-corrected chi connectivity index (χ1v) is 8.38. The van der Waals surface area contributed by atoms with Gasteiger partial charge < -0.3 is 10.6 Å². The molecule has 0 unspecified atom stereocenters. The van der Waals surface area contributed by atoms with E-state index >= 15 is 0 Å². The fraction of sp³-hybridized carbons (Fsp3) is 0.357.